The number of hydrogen-bond donors (Lipinski definition) is 2. The van der Waals surface area contributed by atoms with E-state index >= 15 is 0 Å². The van der Waals surface area contributed by atoms with Crippen molar-refractivity contribution in [3.8, 4) is 0 Å². The summed E-state index contributed by atoms with van der Waals surface area (Å²) in [7, 11) is 0. The number of carbonyl (C=O) groups excluding carboxylic acids is 1. The maximum Gasteiger partial charge on any atom is 0.237 e. The van der Waals surface area contributed by atoms with Gasteiger partial charge in [0, 0.05) is 19.1 Å². The van der Waals surface area contributed by atoms with Crippen molar-refractivity contribution in [2.75, 3.05) is 26.2 Å². The van der Waals surface area contributed by atoms with Gasteiger partial charge in [-0.15, -0.1) is 0 Å². The first-order valence-electron chi connectivity index (χ1n) is 6.07. The van der Waals surface area contributed by atoms with Crippen LogP contribution in [0, 0.1) is 0 Å². The fourth-order valence-corrected chi connectivity index (χ4v) is 2.73. The maximum atomic E-state index is 11.7. The Kier molecular flexibility index (Phi) is 3.59. The van der Waals surface area contributed by atoms with Gasteiger partial charge < -0.3 is 10.6 Å². The van der Waals surface area contributed by atoms with Crippen LogP contribution in [0.2, 0.25) is 0 Å². The molecular weight excluding hydrogens is 190 g/mol. The summed E-state index contributed by atoms with van der Waals surface area (Å²) >= 11 is 0. The van der Waals surface area contributed by atoms with Crippen molar-refractivity contribution in [3.05, 3.63) is 0 Å². The lowest BCUT2D eigenvalue weighted by Crippen LogP contribution is -2.59. The molecule has 2 heterocycles. The Morgan fingerprint density at radius 2 is 2.07 bits per heavy atom. The highest BCUT2D eigenvalue weighted by atomic mass is 16.2. The summed E-state index contributed by atoms with van der Waals surface area (Å²) in [4.78, 5) is 14.1. The average Bonchev–Trinajstić information content (AvgIpc) is 2.30. The number of carbonyl (C=O) groups is 1. The first-order valence-corrected chi connectivity index (χ1v) is 6.07. The third kappa shape index (κ3) is 2.32. The summed E-state index contributed by atoms with van der Waals surface area (Å²) in [6, 6.07) is 0.726. The average molecular weight is 211 g/mol. The smallest absolute Gasteiger partial charge is 0.237 e. The van der Waals surface area contributed by atoms with Crippen molar-refractivity contribution in [2.45, 2.75) is 38.3 Å². The van der Waals surface area contributed by atoms with Crippen molar-refractivity contribution in [2.24, 2.45) is 0 Å². The molecule has 2 fully saturated rings. The first-order chi connectivity index (χ1) is 7.33. The van der Waals surface area contributed by atoms with E-state index in [4.69, 9.17) is 0 Å². The van der Waals surface area contributed by atoms with Gasteiger partial charge in [0.05, 0.1) is 6.04 Å². The Hall–Kier alpha value is -0.610. The molecule has 2 rings (SSSR count). The molecular formula is C11H21N3O. The van der Waals surface area contributed by atoms with Crippen molar-refractivity contribution in [3.63, 3.8) is 0 Å². The van der Waals surface area contributed by atoms with Gasteiger partial charge in [-0.3, -0.25) is 9.69 Å². The lowest BCUT2D eigenvalue weighted by Gasteiger charge is -2.41. The van der Waals surface area contributed by atoms with Gasteiger partial charge in [0.15, 0.2) is 0 Å². The maximum absolute atomic E-state index is 11.7. The van der Waals surface area contributed by atoms with E-state index in [-0.39, 0.29) is 11.9 Å². The number of hydrogen-bond acceptors (Lipinski definition) is 3. The van der Waals surface area contributed by atoms with Crippen molar-refractivity contribution in [1.82, 2.24) is 15.5 Å². The fourth-order valence-electron chi connectivity index (χ4n) is 2.73. The molecule has 2 aliphatic heterocycles. The molecule has 0 bridgehead atoms. The highest BCUT2D eigenvalue weighted by Gasteiger charge is 2.33. The molecule has 0 aromatic carbocycles. The number of nitrogens with zero attached hydrogens (tertiary/aromatic N) is 1. The van der Waals surface area contributed by atoms with Gasteiger partial charge in [0.2, 0.25) is 5.91 Å². The van der Waals surface area contributed by atoms with Crippen LogP contribution in [0.3, 0.4) is 0 Å². The zero-order valence-electron chi connectivity index (χ0n) is 9.46. The Morgan fingerprint density at radius 1 is 1.33 bits per heavy atom. The highest BCUT2D eigenvalue weighted by Crippen LogP contribution is 2.18. The molecule has 1 atom stereocenters. The number of amides is 1. The van der Waals surface area contributed by atoms with E-state index in [1.165, 1.54) is 12.8 Å². The normalized spacial score (nSPS) is 30.2. The van der Waals surface area contributed by atoms with Crippen LogP contribution < -0.4 is 10.6 Å². The van der Waals surface area contributed by atoms with Crippen LogP contribution in [-0.2, 0) is 4.79 Å². The topological polar surface area (TPSA) is 44.4 Å². The predicted octanol–water partition coefficient (Wildman–Crippen LogP) is -0.0512. The van der Waals surface area contributed by atoms with Crippen LogP contribution >= 0.6 is 0 Å². The lowest BCUT2D eigenvalue weighted by molar-refractivity contribution is -0.130. The molecule has 0 aliphatic carbocycles. The molecule has 0 spiro atoms. The molecule has 2 saturated heterocycles. The molecule has 15 heavy (non-hydrogen) atoms. The van der Waals surface area contributed by atoms with Crippen LogP contribution in [-0.4, -0.2) is 49.1 Å². The van der Waals surface area contributed by atoms with Crippen LogP contribution in [0.5, 0.6) is 0 Å². The van der Waals surface area contributed by atoms with E-state index < -0.39 is 0 Å². The quantitative estimate of drug-likeness (QED) is 0.673. The molecule has 0 aromatic rings. The van der Waals surface area contributed by atoms with E-state index in [9.17, 15) is 4.79 Å². The van der Waals surface area contributed by atoms with Crippen LogP contribution in [0.15, 0.2) is 0 Å². The molecule has 2 aliphatic rings. The summed E-state index contributed by atoms with van der Waals surface area (Å²) in [6.07, 6.45) is 3.29. The van der Waals surface area contributed by atoms with Crippen molar-refractivity contribution < 1.29 is 4.79 Å². The Labute approximate surface area is 91.4 Å². The first kappa shape index (κ1) is 10.9. The molecule has 4 heteroatoms. The molecule has 0 aromatic heterocycles. The van der Waals surface area contributed by atoms with Crippen LogP contribution in [0.25, 0.3) is 0 Å². The number of nitrogens with one attached hydrogen (secondary N) is 2. The summed E-state index contributed by atoms with van der Waals surface area (Å²) in [5, 5.41) is 6.33. The van der Waals surface area contributed by atoms with Crippen LogP contribution in [0.1, 0.15) is 26.2 Å². The van der Waals surface area contributed by atoms with E-state index in [2.05, 4.69) is 22.5 Å². The van der Waals surface area contributed by atoms with Crippen molar-refractivity contribution in [1.29, 1.82) is 0 Å². The molecule has 86 valence electrons. The Bertz CT molecular complexity index is 226. The Balaban J connectivity index is 2.00. The number of rotatable bonds is 2. The van der Waals surface area contributed by atoms with Gasteiger partial charge in [-0.25, -0.2) is 0 Å². The van der Waals surface area contributed by atoms with E-state index in [0.717, 1.165) is 32.6 Å². The van der Waals surface area contributed by atoms with Gasteiger partial charge in [-0.1, -0.05) is 6.92 Å². The van der Waals surface area contributed by atoms with Crippen LogP contribution in [0.4, 0.5) is 0 Å². The zero-order valence-corrected chi connectivity index (χ0v) is 9.46. The fraction of sp³-hybridized carbons (Fsp3) is 0.909. The minimum absolute atomic E-state index is 0.113. The van der Waals surface area contributed by atoms with Gasteiger partial charge >= 0.3 is 0 Å². The second-order valence-electron chi connectivity index (χ2n) is 4.43. The number of piperidine rings is 1. The molecule has 2 N–H and O–H groups in total. The summed E-state index contributed by atoms with van der Waals surface area (Å²) in [5.74, 6) is 0.224. The zero-order chi connectivity index (χ0) is 10.7. The summed E-state index contributed by atoms with van der Waals surface area (Å²) in [5.41, 5.74) is 0. The third-order valence-corrected chi connectivity index (χ3v) is 3.54. The van der Waals surface area contributed by atoms with E-state index in [1.54, 1.807) is 0 Å². The Morgan fingerprint density at radius 3 is 2.73 bits per heavy atom. The number of piperazine rings is 1. The second-order valence-corrected chi connectivity index (χ2v) is 4.43. The standard InChI is InChI=1S/C11H21N3O/c1-2-10-11(15)13-7-8-14(10)9-3-5-12-6-4-9/h9-10,12H,2-8H2,1H3,(H,13,15). The minimum atomic E-state index is 0.113. The molecule has 1 unspecified atom stereocenters. The molecule has 1 amide bonds. The van der Waals surface area contributed by atoms with Gasteiger partial charge in [-0.05, 0) is 32.4 Å². The van der Waals surface area contributed by atoms with Gasteiger partial charge in [0.1, 0.15) is 0 Å². The largest absolute Gasteiger partial charge is 0.353 e. The molecule has 4 nitrogen and oxygen atoms in total. The minimum Gasteiger partial charge on any atom is -0.353 e. The van der Waals surface area contributed by atoms with E-state index in [0.29, 0.717) is 6.04 Å². The molecule has 0 saturated carbocycles. The second kappa shape index (κ2) is 4.94. The highest BCUT2D eigenvalue weighted by molar-refractivity contribution is 5.82. The molecule has 0 radical (unpaired) electrons. The third-order valence-electron chi connectivity index (χ3n) is 3.54. The summed E-state index contributed by atoms with van der Waals surface area (Å²) in [6.45, 7) is 6.14. The lowest BCUT2D eigenvalue weighted by atomic mass is 9.99. The van der Waals surface area contributed by atoms with Crippen molar-refractivity contribution >= 4 is 5.91 Å². The predicted molar refractivity (Wildman–Crippen MR) is 59.7 cm³/mol. The summed E-state index contributed by atoms with van der Waals surface area (Å²) < 4.78 is 0. The monoisotopic (exact) mass is 211 g/mol. The van der Waals surface area contributed by atoms with E-state index in [1.807, 2.05) is 0 Å². The van der Waals surface area contributed by atoms with Gasteiger partial charge in [0.25, 0.3) is 0 Å². The SMILES string of the molecule is CCC1C(=O)NCCN1C1CCNCC1. The van der Waals surface area contributed by atoms with Gasteiger partial charge in [-0.2, -0.15) is 0 Å².